The first-order valence-electron chi connectivity index (χ1n) is 22.3. The molecule has 0 saturated carbocycles. The van der Waals surface area contributed by atoms with Crippen LogP contribution in [0, 0.1) is 0 Å². The first-order valence-corrected chi connectivity index (χ1v) is 24.0. The predicted molar refractivity (Wildman–Crippen MR) is 233 cm³/mol. The quantitative estimate of drug-likeness (QED) is 0.0203. The van der Waals surface area contributed by atoms with Gasteiger partial charge >= 0.3 is 11.9 Å². The minimum Gasteiger partial charge on any atom is -0.462 e. The summed E-state index contributed by atoms with van der Waals surface area (Å²) >= 11 is 0. The second-order valence-corrected chi connectivity index (χ2v) is 16.8. The zero-order valence-corrected chi connectivity index (χ0v) is 36.9. The van der Waals surface area contributed by atoms with E-state index in [0.717, 1.165) is 51.4 Å². The Labute approximate surface area is 355 Å². The highest BCUT2D eigenvalue weighted by Crippen LogP contribution is 2.24. The van der Waals surface area contributed by atoms with E-state index in [1.54, 1.807) is 0 Å². The van der Waals surface area contributed by atoms with Crippen molar-refractivity contribution in [3.8, 4) is 0 Å². The molecular formula is C46H78O12S. The van der Waals surface area contributed by atoms with E-state index >= 15 is 0 Å². The maximum atomic E-state index is 12.8. The fourth-order valence-corrected chi connectivity index (χ4v) is 7.11. The van der Waals surface area contributed by atoms with Crippen molar-refractivity contribution in [2.75, 3.05) is 19.0 Å². The number of esters is 2. The van der Waals surface area contributed by atoms with Gasteiger partial charge in [-0.2, -0.15) is 8.42 Å². The molecule has 12 nitrogen and oxygen atoms in total. The topological polar surface area (TPSA) is 186 Å². The normalized spacial score (nSPS) is 20.8. The van der Waals surface area contributed by atoms with Gasteiger partial charge in [-0.15, -0.1) is 0 Å². The SMILES string of the molecule is CC/C=C\C/C=C\C/C=C\C/C=C\C/C=C\CCCC(=O)OC(COC(=O)CCCCCCCCCCCCCCCC)COC1OC(CS(=O)(=O)O)C(O)C(O)C1O. The van der Waals surface area contributed by atoms with Crippen LogP contribution in [-0.2, 0) is 38.7 Å². The molecule has 1 aliphatic heterocycles. The van der Waals surface area contributed by atoms with E-state index in [4.69, 9.17) is 18.9 Å². The third-order valence-electron chi connectivity index (χ3n) is 9.86. The molecule has 59 heavy (non-hydrogen) atoms. The number of ether oxygens (including phenoxy) is 4. The molecule has 0 aromatic carbocycles. The summed E-state index contributed by atoms with van der Waals surface area (Å²) < 4.78 is 54.0. The number of aliphatic hydroxyl groups is 3. The lowest BCUT2D eigenvalue weighted by atomic mass is 10.00. The van der Waals surface area contributed by atoms with E-state index in [1.165, 1.54) is 64.2 Å². The molecule has 1 fully saturated rings. The molecule has 1 saturated heterocycles. The maximum Gasteiger partial charge on any atom is 0.306 e. The highest BCUT2D eigenvalue weighted by atomic mass is 32.2. The number of aliphatic hydroxyl groups excluding tert-OH is 3. The van der Waals surface area contributed by atoms with Crippen molar-refractivity contribution >= 4 is 22.1 Å². The molecule has 1 heterocycles. The fraction of sp³-hybridized carbons (Fsp3) is 0.739. The Morgan fingerprint density at radius 3 is 1.58 bits per heavy atom. The summed E-state index contributed by atoms with van der Waals surface area (Å²) in [5, 5.41) is 30.9. The summed E-state index contributed by atoms with van der Waals surface area (Å²) in [7, 11) is -4.61. The zero-order valence-electron chi connectivity index (χ0n) is 36.1. The van der Waals surface area contributed by atoms with Crippen LogP contribution in [0.15, 0.2) is 60.8 Å². The van der Waals surface area contributed by atoms with Crippen molar-refractivity contribution in [1.82, 2.24) is 0 Å². The van der Waals surface area contributed by atoms with Crippen LogP contribution in [0.4, 0.5) is 0 Å². The number of hydrogen-bond donors (Lipinski definition) is 4. The highest BCUT2D eigenvalue weighted by molar-refractivity contribution is 7.85. The van der Waals surface area contributed by atoms with E-state index in [0.29, 0.717) is 19.3 Å². The third kappa shape index (κ3) is 30.9. The molecule has 13 heteroatoms. The van der Waals surface area contributed by atoms with Gasteiger partial charge in [0.25, 0.3) is 10.1 Å². The average Bonchev–Trinajstić information content (AvgIpc) is 3.20. The van der Waals surface area contributed by atoms with Crippen molar-refractivity contribution in [3.05, 3.63) is 60.8 Å². The van der Waals surface area contributed by atoms with Gasteiger partial charge in [0.2, 0.25) is 0 Å². The number of rotatable bonds is 36. The van der Waals surface area contributed by atoms with Gasteiger partial charge < -0.3 is 34.3 Å². The van der Waals surface area contributed by atoms with E-state index in [9.17, 15) is 37.9 Å². The van der Waals surface area contributed by atoms with Crippen molar-refractivity contribution in [2.24, 2.45) is 0 Å². The Morgan fingerprint density at radius 2 is 1.07 bits per heavy atom. The van der Waals surface area contributed by atoms with Crippen molar-refractivity contribution < 1.29 is 56.8 Å². The molecule has 0 aliphatic carbocycles. The smallest absolute Gasteiger partial charge is 0.306 e. The third-order valence-corrected chi connectivity index (χ3v) is 10.6. The van der Waals surface area contributed by atoms with E-state index in [2.05, 4.69) is 62.5 Å². The molecule has 0 aromatic heterocycles. The second-order valence-electron chi connectivity index (χ2n) is 15.3. The zero-order chi connectivity index (χ0) is 43.4. The lowest BCUT2D eigenvalue weighted by Gasteiger charge is -2.40. The van der Waals surface area contributed by atoms with E-state index in [-0.39, 0.29) is 19.4 Å². The van der Waals surface area contributed by atoms with Crippen LogP contribution >= 0.6 is 0 Å². The van der Waals surface area contributed by atoms with Gasteiger partial charge in [-0.05, 0) is 51.4 Å². The number of carbonyl (C=O) groups is 2. The van der Waals surface area contributed by atoms with Gasteiger partial charge in [0.05, 0.1) is 6.61 Å². The summed E-state index contributed by atoms with van der Waals surface area (Å²) in [5.41, 5.74) is 0. The van der Waals surface area contributed by atoms with Gasteiger partial charge in [0, 0.05) is 12.8 Å². The second kappa shape index (κ2) is 36.0. The summed E-state index contributed by atoms with van der Waals surface area (Å²) in [6.07, 6.45) is 34.1. The molecule has 0 spiro atoms. The lowest BCUT2D eigenvalue weighted by molar-refractivity contribution is -0.297. The van der Waals surface area contributed by atoms with Crippen LogP contribution in [0.1, 0.15) is 162 Å². The van der Waals surface area contributed by atoms with Crippen molar-refractivity contribution in [2.45, 2.75) is 198 Å². The van der Waals surface area contributed by atoms with Crippen LogP contribution in [0.2, 0.25) is 0 Å². The molecule has 1 rings (SSSR count). The molecule has 6 unspecified atom stereocenters. The maximum absolute atomic E-state index is 12.8. The highest BCUT2D eigenvalue weighted by Gasteiger charge is 2.46. The Hall–Kier alpha value is -2.65. The Kier molecular flexibility index (Phi) is 33.2. The van der Waals surface area contributed by atoms with Crippen LogP contribution in [-0.4, -0.2) is 96.0 Å². The number of allylic oxidation sites excluding steroid dienone is 10. The first-order chi connectivity index (χ1) is 28.5. The minimum atomic E-state index is -4.61. The number of unbranched alkanes of at least 4 members (excludes halogenated alkanes) is 14. The summed E-state index contributed by atoms with van der Waals surface area (Å²) in [4.78, 5) is 25.4. The minimum absolute atomic E-state index is 0.0850. The molecule has 0 amide bonds. The Morgan fingerprint density at radius 1 is 0.593 bits per heavy atom. The standard InChI is InChI=1S/C46H78O12S/c1-3-5-7-9-11-13-15-17-19-20-21-23-25-27-29-31-33-35-42(48)57-39(37-56-46-45(51)44(50)43(49)40(58-46)38-59(52,53)54)36-55-41(47)34-32-30-28-26-24-22-18-16-14-12-10-8-6-4-2/h5,7,11,13,17,19,21,23,27,29,39-40,43-46,49-51H,3-4,6,8-10,12,14-16,18,20,22,24-26,28,30-38H2,1-2H3,(H,52,53,54)/b7-5-,13-11-,19-17-,23-21-,29-27-. The van der Waals surface area contributed by atoms with Crippen LogP contribution in [0.25, 0.3) is 0 Å². The van der Waals surface area contributed by atoms with Gasteiger partial charge in [0.1, 0.15) is 36.8 Å². The molecule has 0 aromatic rings. The van der Waals surface area contributed by atoms with E-state index in [1.807, 2.05) is 12.2 Å². The summed E-state index contributed by atoms with van der Waals surface area (Å²) in [6.45, 7) is 3.59. The van der Waals surface area contributed by atoms with Crippen LogP contribution in [0.5, 0.6) is 0 Å². The lowest BCUT2D eigenvalue weighted by Crippen LogP contribution is -2.60. The number of carbonyl (C=O) groups excluding carboxylic acids is 2. The largest absolute Gasteiger partial charge is 0.462 e. The molecular weight excluding hydrogens is 777 g/mol. The van der Waals surface area contributed by atoms with Gasteiger partial charge in [-0.3, -0.25) is 14.1 Å². The monoisotopic (exact) mass is 855 g/mol. The molecule has 1 aliphatic rings. The fourth-order valence-electron chi connectivity index (χ4n) is 6.42. The predicted octanol–water partition coefficient (Wildman–Crippen LogP) is 8.95. The number of hydrogen-bond acceptors (Lipinski definition) is 11. The van der Waals surface area contributed by atoms with Crippen LogP contribution in [0.3, 0.4) is 0 Å². The average molecular weight is 855 g/mol. The van der Waals surface area contributed by atoms with Gasteiger partial charge in [-0.25, -0.2) is 0 Å². The summed E-state index contributed by atoms with van der Waals surface area (Å²) in [5.74, 6) is -2.06. The molecule has 0 bridgehead atoms. The van der Waals surface area contributed by atoms with Crippen LogP contribution < -0.4 is 0 Å². The van der Waals surface area contributed by atoms with Gasteiger partial charge in [-0.1, -0.05) is 158 Å². The Bertz CT molecular complexity index is 1320. The molecule has 340 valence electrons. The van der Waals surface area contributed by atoms with E-state index < -0.39 is 71.2 Å². The molecule has 6 atom stereocenters. The molecule has 4 N–H and O–H groups in total. The first kappa shape index (κ1) is 54.4. The van der Waals surface area contributed by atoms with Crippen molar-refractivity contribution in [1.29, 1.82) is 0 Å². The summed E-state index contributed by atoms with van der Waals surface area (Å²) in [6, 6.07) is 0. The molecule has 0 radical (unpaired) electrons. The van der Waals surface area contributed by atoms with Crippen molar-refractivity contribution in [3.63, 3.8) is 0 Å². The van der Waals surface area contributed by atoms with Gasteiger partial charge in [0.15, 0.2) is 12.4 Å². The Balaban J connectivity index is 2.50.